The molecular weight excluding hydrogens is 271 g/mol. The van der Waals surface area contributed by atoms with Crippen molar-refractivity contribution in [3.8, 4) is 11.8 Å². The smallest absolute Gasteiger partial charge is 0.282 e. The summed E-state index contributed by atoms with van der Waals surface area (Å²) in [7, 11) is 0. The van der Waals surface area contributed by atoms with Gasteiger partial charge in [-0.05, 0) is 24.3 Å². The molecule has 0 saturated heterocycles. The zero-order valence-electron chi connectivity index (χ0n) is 10.7. The van der Waals surface area contributed by atoms with Gasteiger partial charge in [0, 0.05) is 11.5 Å². The molecule has 2 aromatic heterocycles. The minimum Gasteiger partial charge on any atom is -0.282 e. The Bertz CT molecular complexity index is 862. The fraction of sp³-hybridized carbons (Fsp3) is 0. The van der Waals surface area contributed by atoms with Crippen molar-refractivity contribution in [2.24, 2.45) is 0 Å². The van der Waals surface area contributed by atoms with Gasteiger partial charge in [0.15, 0.2) is 5.65 Å². The molecule has 0 bridgehead atoms. The molecule has 0 aliphatic rings. The Balaban J connectivity index is 1.76. The molecule has 0 aliphatic carbocycles. The fourth-order valence-electron chi connectivity index (χ4n) is 1.69. The van der Waals surface area contributed by atoms with Crippen LogP contribution in [0.1, 0.15) is 5.56 Å². The van der Waals surface area contributed by atoms with Crippen LogP contribution in [0, 0.1) is 17.7 Å². The quantitative estimate of drug-likeness (QED) is 0.692. The van der Waals surface area contributed by atoms with Gasteiger partial charge in [-0.25, -0.2) is 8.91 Å². The van der Waals surface area contributed by atoms with Gasteiger partial charge in [0.05, 0.1) is 6.20 Å². The summed E-state index contributed by atoms with van der Waals surface area (Å²) in [6, 6.07) is 11.9. The average molecular weight is 280 g/mol. The van der Waals surface area contributed by atoms with Crippen LogP contribution in [-0.4, -0.2) is 20.5 Å². The standard InChI is InChI=1S/C15H9FN4O/c16-12-7-8-13-17-15(19-20(13)10-12)18-14(21)9-6-11-4-2-1-3-5-11/h1-5,7-8,10H,(H,18,19,21). The zero-order chi connectivity index (χ0) is 14.7. The summed E-state index contributed by atoms with van der Waals surface area (Å²) in [5.41, 5.74) is 1.17. The maximum Gasteiger partial charge on any atom is 0.303 e. The molecule has 0 spiro atoms. The van der Waals surface area contributed by atoms with Gasteiger partial charge in [0.1, 0.15) is 5.82 Å². The molecule has 3 rings (SSSR count). The number of carbonyl (C=O) groups excluding carboxylic acids is 1. The van der Waals surface area contributed by atoms with Crippen molar-refractivity contribution in [3.05, 3.63) is 60.0 Å². The lowest BCUT2D eigenvalue weighted by Crippen LogP contribution is -2.09. The number of amides is 1. The molecule has 2 heterocycles. The van der Waals surface area contributed by atoms with Crippen molar-refractivity contribution >= 4 is 17.5 Å². The first-order valence-corrected chi connectivity index (χ1v) is 6.11. The molecule has 6 heteroatoms. The van der Waals surface area contributed by atoms with E-state index >= 15 is 0 Å². The van der Waals surface area contributed by atoms with Crippen molar-refractivity contribution in [2.75, 3.05) is 5.32 Å². The van der Waals surface area contributed by atoms with Gasteiger partial charge >= 0.3 is 5.91 Å². The van der Waals surface area contributed by atoms with Gasteiger partial charge in [0.25, 0.3) is 0 Å². The second-order valence-corrected chi connectivity index (χ2v) is 4.16. The first-order valence-electron chi connectivity index (χ1n) is 6.11. The summed E-state index contributed by atoms with van der Waals surface area (Å²) < 4.78 is 14.3. The Morgan fingerprint density at radius 3 is 2.81 bits per heavy atom. The van der Waals surface area contributed by atoms with E-state index in [1.807, 2.05) is 18.2 Å². The molecule has 3 aromatic rings. The molecule has 1 aromatic carbocycles. The molecule has 1 N–H and O–H groups in total. The van der Waals surface area contributed by atoms with Gasteiger partial charge < -0.3 is 0 Å². The summed E-state index contributed by atoms with van der Waals surface area (Å²) in [5, 5.41) is 6.38. The van der Waals surface area contributed by atoms with Crippen molar-refractivity contribution in [2.45, 2.75) is 0 Å². The summed E-state index contributed by atoms with van der Waals surface area (Å²) in [6.07, 6.45) is 1.17. The summed E-state index contributed by atoms with van der Waals surface area (Å²) >= 11 is 0. The number of halogens is 1. The van der Waals surface area contributed by atoms with Crippen LogP contribution in [0.25, 0.3) is 5.65 Å². The molecule has 0 fully saturated rings. The number of pyridine rings is 1. The molecule has 102 valence electrons. The largest absolute Gasteiger partial charge is 0.303 e. The Labute approximate surface area is 119 Å². The summed E-state index contributed by atoms with van der Waals surface area (Å²) in [6.45, 7) is 0. The lowest BCUT2D eigenvalue weighted by atomic mass is 10.2. The average Bonchev–Trinajstić information content (AvgIpc) is 2.87. The number of nitrogens with one attached hydrogen (secondary N) is 1. The second-order valence-electron chi connectivity index (χ2n) is 4.16. The normalized spacial score (nSPS) is 9.95. The molecule has 21 heavy (non-hydrogen) atoms. The number of carbonyl (C=O) groups is 1. The first kappa shape index (κ1) is 12.8. The van der Waals surface area contributed by atoms with Crippen LogP contribution in [0.2, 0.25) is 0 Å². The van der Waals surface area contributed by atoms with Crippen LogP contribution < -0.4 is 5.32 Å². The number of fused-ring (bicyclic) bond motifs is 1. The van der Waals surface area contributed by atoms with Crippen molar-refractivity contribution in [3.63, 3.8) is 0 Å². The number of anilines is 1. The molecule has 5 nitrogen and oxygen atoms in total. The highest BCUT2D eigenvalue weighted by atomic mass is 19.1. The van der Waals surface area contributed by atoms with Crippen molar-refractivity contribution in [1.29, 1.82) is 0 Å². The Kier molecular flexibility index (Phi) is 3.31. The third kappa shape index (κ3) is 3.04. The second kappa shape index (κ2) is 5.43. The molecule has 0 radical (unpaired) electrons. The predicted octanol–water partition coefficient (Wildman–Crippen LogP) is 1.86. The molecule has 0 atom stereocenters. The van der Waals surface area contributed by atoms with Crippen LogP contribution in [0.5, 0.6) is 0 Å². The van der Waals surface area contributed by atoms with Crippen molar-refractivity contribution in [1.82, 2.24) is 14.6 Å². The molecule has 1 amide bonds. The maximum absolute atomic E-state index is 13.0. The zero-order valence-corrected chi connectivity index (χ0v) is 10.7. The van der Waals surface area contributed by atoms with E-state index in [0.29, 0.717) is 5.65 Å². The van der Waals surface area contributed by atoms with Gasteiger partial charge in [0.2, 0.25) is 5.95 Å². The first-order chi connectivity index (χ1) is 10.2. The lowest BCUT2D eigenvalue weighted by molar-refractivity contribution is -0.111. The Morgan fingerprint density at radius 2 is 2.00 bits per heavy atom. The minimum absolute atomic E-state index is 0.0768. The maximum atomic E-state index is 13.0. The number of aromatic nitrogens is 3. The van der Waals surface area contributed by atoms with Gasteiger partial charge in [-0.3, -0.25) is 10.1 Å². The molecule has 0 aliphatic heterocycles. The number of hydrogen-bond acceptors (Lipinski definition) is 3. The van der Waals surface area contributed by atoms with Gasteiger partial charge in [-0.1, -0.05) is 24.1 Å². The van der Waals surface area contributed by atoms with Crippen LogP contribution >= 0.6 is 0 Å². The SMILES string of the molecule is O=C(C#Cc1ccccc1)Nc1nc2ccc(F)cn2n1. The van der Waals surface area contributed by atoms with Crippen LogP contribution in [0.3, 0.4) is 0 Å². The van der Waals surface area contributed by atoms with E-state index in [2.05, 4.69) is 27.2 Å². The van der Waals surface area contributed by atoms with E-state index in [1.54, 1.807) is 12.1 Å². The van der Waals surface area contributed by atoms with E-state index in [9.17, 15) is 9.18 Å². The Morgan fingerprint density at radius 1 is 1.19 bits per heavy atom. The van der Waals surface area contributed by atoms with E-state index in [-0.39, 0.29) is 5.95 Å². The van der Waals surface area contributed by atoms with E-state index in [1.165, 1.54) is 22.8 Å². The number of nitrogens with zero attached hydrogens (tertiary/aromatic N) is 3. The van der Waals surface area contributed by atoms with E-state index in [4.69, 9.17) is 0 Å². The van der Waals surface area contributed by atoms with Gasteiger partial charge in [-0.2, -0.15) is 4.98 Å². The summed E-state index contributed by atoms with van der Waals surface area (Å²) in [5.74, 6) is 4.27. The molecular formula is C15H9FN4O. The number of benzene rings is 1. The van der Waals surface area contributed by atoms with Gasteiger partial charge in [-0.15, -0.1) is 5.10 Å². The van der Waals surface area contributed by atoms with Crippen LogP contribution in [0.15, 0.2) is 48.7 Å². The topological polar surface area (TPSA) is 59.3 Å². The fourth-order valence-corrected chi connectivity index (χ4v) is 1.69. The predicted molar refractivity (Wildman–Crippen MR) is 74.9 cm³/mol. The van der Waals surface area contributed by atoms with E-state index in [0.717, 1.165) is 5.56 Å². The molecule has 0 saturated carbocycles. The number of hydrogen-bond donors (Lipinski definition) is 1. The van der Waals surface area contributed by atoms with Crippen LogP contribution in [0.4, 0.5) is 10.3 Å². The Hall–Kier alpha value is -3.20. The lowest BCUT2D eigenvalue weighted by Gasteiger charge is -1.91. The highest BCUT2D eigenvalue weighted by Crippen LogP contribution is 2.06. The number of rotatable bonds is 1. The van der Waals surface area contributed by atoms with Crippen molar-refractivity contribution < 1.29 is 9.18 Å². The third-order valence-corrected chi connectivity index (χ3v) is 2.61. The van der Waals surface area contributed by atoms with E-state index < -0.39 is 11.7 Å². The molecule has 0 unspecified atom stereocenters. The minimum atomic E-state index is -0.532. The monoisotopic (exact) mass is 280 g/mol. The third-order valence-electron chi connectivity index (χ3n) is 2.61. The highest BCUT2D eigenvalue weighted by molar-refractivity contribution is 6.03. The summed E-state index contributed by atoms with van der Waals surface area (Å²) in [4.78, 5) is 15.7. The highest BCUT2D eigenvalue weighted by Gasteiger charge is 2.06. The van der Waals surface area contributed by atoms with Crippen LogP contribution in [-0.2, 0) is 4.79 Å².